The molecule has 1 aromatic rings. The number of piperidine rings is 1. The van der Waals surface area contributed by atoms with E-state index in [-0.39, 0.29) is 24.2 Å². The van der Waals surface area contributed by atoms with Crippen LogP contribution in [0.3, 0.4) is 0 Å². The van der Waals surface area contributed by atoms with Crippen molar-refractivity contribution in [2.24, 2.45) is 0 Å². The summed E-state index contributed by atoms with van der Waals surface area (Å²) >= 11 is 0. The predicted octanol–water partition coefficient (Wildman–Crippen LogP) is 2.64. The fraction of sp³-hybridized carbons (Fsp3) is 0.692. The van der Waals surface area contributed by atoms with Crippen LogP contribution in [0, 0.1) is 0 Å². The molecule has 0 unspecified atom stereocenters. The molecule has 0 aromatic heterocycles. The summed E-state index contributed by atoms with van der Waals surface area (Å²) in [6, 6.07) is 6.65. The second-order valence-corrected chi connectivity index (χ2v) is 12.6. The van der Waals surface area contributed by atoms with Crippen molar-refractivity contribution in [1.82, 2.24) is 15.1 Å². The van der Waals surface area contributed by atoms with E-state index in [0.29, 0.717) is 64.0 Å². The van der Waals surface area contributed by atoms with Crippen molar-refractivity contribution < 1.29 is 23.1 Å². The zero-order valence-electron chi connectivity index (χ0n) is 21.9. The summed E-state index contributed by atoms with van der Waals surface area (Å²) in [4.78, 5) is 31.3. The molecule has 1 aliphatic carbocycles. The lowest BCUT2D eigenvalue weighted by Crippen LogP contribution is -2.73. The molecule has 3 N–H and O–H groups in total. The van der Waals surface area contributed by atoms with Gasteiger partial charge in [0.25, 0.3) is 0 Å². The van der Waals surface area contributed by atoms with Crippen molar-refractivity contribution in [3.63, 3.8) is 0 Å². The summed E-state index contributed by atoms with van der Waals surface area (Å²) < 4.78 is 25.3. The lowest BCUT2D eigenvalue weighted by atomic mass is 9.80. The summed E-state index contributed by atoms with van der Waals surface area (Å²) in [6.07, 6.45) is 7.63. The maximum absolute atomic E-state index is 13.6. The number of amides is 2. The fourth-order valence-electron chi connectivity index (χ4n) is 6.00. The smallest absolute Gasteiger partial charge is 0.246 e. The van der Waals surface area contributed by atoms with Crippen molar-refractivity contribution in [3.05, 3.63) is 29.8 Å². The second-order valence-electron chi connectivity index (χ2n) is 10.9. The Morgan fingerprint density at radius 2 is 1.70 bits per heavy atom. The Hall–Kier alpha value is -1.88. The zero-order chi connectivity index (χ0) is 26.0. The minimum absolute atomic E-state index is 0. The average Bonchev–Trinajstić information content (AvgIpc) is 3.25. The molecule has 0 bridgehead atoms. The molecule has 2 amide bonds. The molecule has 4 rings (SSSR count). The molecule has 1 aromatic carbocycles. The van der Waals surface area contributed by atoms with Crippen LogP contribution in [0.2, 0.25) is 0 Å². The lowest BCUT2D eigenvalue weighted by molar-refractivity contribution is -0.163. The molecular weight excluding hydrogens is 516 g/mol. The molecule has 2 heterocycles. The number of carbonyl (C=O) groups excluding carboxylic acids is 2. The highest BCUT2D eigenvalue weighted by atomic mass is 35.5. The van der Waals surface area contributed by atoms with Crippen molar-refractivity contribution in [3.8, 4) is 0 Å². The monoisotopic (exact) mass is 556 g/mol. The van der Waals surface area contributed by atoms with Crippen LogP contribution in [-0.2, 0) is 26.2 Å². The number of hydrogen-bond acceptors (Lipinski definition) is 6. The molecule has 1 atom stereocenters. The van der Waals surface area contributed by atoms with Crippen LogP contribution in [0.1, 0.15) is 70.3 Å². The fourth-order valence-corrected chi connectivity index (χ4v) is 6.56. The first-order valence-corrected chi connectivity index (χ1v) is 15.1. The SMILES string of the molecule is CCCCN1C(=O)[C@@H](CC2(O)CCCC2)NC(=O)C12CCN(Cc1ccc(NS(C)(=O)=O)cc1)CC2.Cl. The highest BCUT2D eigenvalue weighted by Gasteiger charge is 2.54. The predicted molar refractivity (Wildman–Crippen MR) is 146 cm³/mol. The summed E-state index contributed by atoms with van der Waals surface area (Å²) in [5.41, 5.74) is -0.105. The van der Waals surface area contributed by atoms with Crippen LogP contribution in [-0.4, -0.2) is 78.2 Å². The van der Waals surface area contributed by atoms with Crippen molar-refractivity contribution in [1.29, 1.82) is 0 Å². The second kappa shape index (κ2) is 11.9. The van der Waals surface area contributed by atoms with E-state index in [9.17, 15) is 23.1 Å². The van der Waals surface area contributed by atoms with Crippen LogP contribution in [0.5, 0.6) is 0 Å². The highest BCUT2D eigenvalue weighted by molar-refractivity contribution is 7.92. The van der Waals surface area contributed by atoms with E-state index in [2.05, 4.69) is 21.9 Å². The number of halogens is 1. The van der Waals surface area contributed by atoms with E-state index in [0.717, 1.165) is 37.5 Å². The van der Waals surface area contributed by atoms with E-state index in [4.69, 9.17) is 0 Å². The molecule has 2 saturated heterocycles. The number of hydrogen-bond donors (Lipinski definition) is 3. The van der Waals surface area contributed by atoms with Crippen molar-refractivity contribution >= 4 is 39.9 Å². The molecule has 11 heteroatoms. The number of rotatable bonds is 9. The molecule has 2 aliphatic heterocycles. The van der Waals surface area contributed by atoms with Gasteiger partial charge in [-0.05, 0) is 49.8 Å². The Balaban J connectivity index is 0.00000380. The van der Waals surface area contributed by atoms with E-state index < -0.39 is 27.2 Å². The number of carbonyl (C=O) groups is 2. The average molecular weight is 557 g/mol. The number of benzene rings is 1. The minimum Gasteiger partial charge on any atom is -0.390 e. The van der Waals surface area contributed by atoms with Crippen molar-refractivity contribution in [2.45, 2.75) is 88.4 Å². The number of anilines is 1. The number of likely N-dealkylation sites (tertiary alicyclic amines) is 1. The van der Waals surface area contributed by atoms with Crippen LogP contribution >= 0.6 is 12.4 Å². The van der Waals surface area contributed by atoms with E-state index >= 15 is 0 Å². The van der Waals surface area contributed by atoms with Crippen LogP contribution in [0.15, 0.2) is 24.3 Å². The van der Waals surface area contributed by atoms with Crippen LogP contribution in [0.4, 0.5) is 5.69 Å². The van der Waals surface area contributed by atoms with Gasteiger partial charge in [-0.1, -0.05) is 38.3 Å². The first-order chi connectivity index (χ1) is 17.0. The maximum atomic E-state index is 13.6. The van der Waals surface area contributed by atoms with Gasteiger partial charge in [-0.25, -0.2) is 8.42 Å². The molecule has 208 valence electrons. The molecule has 1 saturated carbocycles. The summed E-state index contributed by atoms with van der Waals surface area (Å²) in [7, 11) is -3.31. The van der Waals surface area contributed by atoms with E-state index in [1.165, 1.54) is 0 Å². The van der Waals surface area contributed by atoms with Crippen LogP contribution in [0.25, 0.3) is 0 Å². The minimum atomic E-state index is -3.31. The van der Waals surface area contributed by atoms with Gasteiger partial charge in [-0.15, -0.1) is 12.4 Å². The van der Waals surface area contributed by atoms with Gasteiger partial charge in [-0.2, -0.15) is 0 Å². The maximum Gasteiger partial charge on any atom is 0.246 e. The number of unbranched alkanes of at least 4 members (excludes halogenated alkanes) is 1. The summed E-state index contributed by atoms with van der Waals surface area (Å²) in [5.74, 6) is -0.133. The number of piperazine rings is 1. The van der Waals surface area contributed by atoms with E-state index in [1.54, 1.807) is 12.1 Å². The third kappa shape index (κ3) is 6.96. The van der Waals surface area contributed by atoms with Gasteiger partial charge in [0.05, 0.1) is 11.9 Å². The molecule has 1 spiro atoms. The van der Waals surface area contributed by atoms with Gasteiger partial charge in [0.2, 0.25) is 21.8 Å². The van der Waals surface area contributed by atoms with Gasteiger partial charge < -0.3 is 15.3 Å². The van der Waals surface area contributed by atoms with Gasteiger partial charge in [-0.3, -0.25) is 19.2 Å². The Bertz CT molecular complexity index is 1050. The standard InChI is InChI=1S/C26H40N4O5S.ClH/c1-3-4-15-30-23(31)22(18-25(33)11-5-6-12-25)27-24(32)26(30)13-16-29(17-14-26)19-20-7-9-21(10-8-20)28-36(2,34)35;/h7-10,22,28,33H,3-6,11-19H2,1-2H3,(H,27,32);1H/t22-;/m1./s1. The topological polar surface area (TPSA) is 119 Å². The Labute approximate surface area is 226 Å². The van der Waals surface area contributed by atoms with Gasteiger partial charge in [0.15, 0.2) is 0 Å². The van der Waals surface area contributed by atoms with Crippen LogP contribution < -0.4 is 10.0 Å². The summed E-state index contributed by atoms with van der Waals surface area (Å²) in [5, 5.41) is 13.9. The van der Waals surface area contributed by atoms with Gasteiger partial charge in [0, 0.05) is 38.3 Å². The van der Waals surface area contributed by atoms with Gasteiger partial charge in [0.1, 0.15) is 11.6 Å². The number of nitrogens with one attached hydrogen (secondary N) is 2. The number of nitrogens with zero attached hydrogens (tertiary/aromatic N) is 2. The zero-order valence-corrected chi connectivity index (χ0v) is 23.5. The molecule has 3 aliphatic rings. The van der Waals surface area contributed by atoms with Crippen molar-refractivity contribution in [2.75, 3.05) is 30.6 Å². The first-order valence-electron chi connectivity index (χ1n) is 13.2. The molecule has 37 heavy (non-hydrogen) atoms. The molecule has 3 fully saturated rings. The molecule has 0 radical (unpaired) electrons. The quantitative estimate of drug-likeness (QED) is 0.430. The third-order valence-corrected chi connectivity index (χ3v) is 8.62. The third-order valence-electron chi connectivity index (χ3n) is 8.01. The Morgan fingerprint density at radius 1 is 1.08 bits per heavy atom. The normalized spacial score (nSPS) is 23.5. The highest BCUT2D eigenvalue weighted by Crippen LogP contribution is 2.38. The summed E-state index contributed by atoms with van der Waals surface area (Å²) in [6.45, 7) is 4.70. The first kappa shape index (κ1) is 29.7. The Morgan fingerprint density at radius 3 is 2.27 bits per heavy atom. The molecule has 9 nitrogen and oxygen atoms in total. The van der Waals surface area contributed by atoms with E-state index in [1.807, 2.05) is 17.0 Å². The Kier molecular flexibility index (Phi) is 9.53. The molecular formula is C26H41ClN4O5S. The number of aliphatic hydroxyl groups is 1. The number of sulfonamides is 1. The van der Waals surface area contributed by atoms with Gasteiger partial charge >= 0.3 is 0 Å². The largest absolute Gasteiger partial charge is 0.390 e. The lowest BCUT2D eigenvalue weighted by Gasteiger charge is -2.52.